The molecule has 4 rings (SSSR count). The third kappa shape index (κ3) is 2.91. The maximum absolute atomic E-state index is 13.4. The second-order valence-electron chi connectivity index (χ2n) is 7.27. The zero-order valence-electron chi connectivity index (χ0n) is 16.7. The van der Waals surface area contributed by atoms with Crippen LogP contribution in [0.2, 0.25) is 0 Å². The van der Waals surface area contributed by atoms with E-state index in [2.05, 4.69) is 0 Å². The lowest BCUT2D eigenvalue weighted by Crippen LogP contribution is -2.31. The number of furan rings is 1. The minimum Gasteiger partial charge on any atom is -0.497 e. The molecule has 2 aromatic carbocycles. The van der Waals surface area contributed by atoms with Crippen molar-refractivity contribution < 1.29 is 18.7 Å². The zero-order valence-corrected chi connectivity index (χ0v) is 16.7. The van der Waals surface area contributed by atoms with Gasteiger partial charge in [0.15, 0.2) is 5.76 Å². The average Bonchev–Trinajstić information content (AvgIpc) is 3.33. The van der Waals surface area contributed by atoms with Crippen molar-refractivity contribution in [2.45, 2.75) is 32.7 Å². The molecule has 1 fully saturated rings. The number of fused-ring (bicyclic) bond motifs is 1. The van der Waals surface area contributed by atoms with Crippen LogP contribution in [0, 0.1) is 13.8 Å². The average molecular weight is 379 g/mol. The minimum absolute atomic E-state index is 0.0398. The Kier molecular flexibility index (Phi) is 4.75. The first-order valence-electron chi connectivity index (χ1n) is 9.56. The summed E-state index contributed by atoms with van der Waals surface area (Å²) in [4.78, 5) is 15.3. The number of carbonyl (C=O) groups is 1. The summed E-state index contributed by atoms with van der Waals surface area (Å²) < 4.78 is 16.9. The third-order valence-electron chi connectivity index (χ3n) is 5.67. The van der Waals surface area contributed by atoms with E-state index in [-0.39, 0.29) is 11.9 Å². The normalized spacial score (nSPS) is 16.6. The highest BCUT2D eigenvalue weighted by molar-refractivity contribution is 5.99. The van der Waals surface area contributed by atoms with Gasteiger partial charge in [0.1, 0.15) is 17.1 Å². The van der Waals surface area contributed by atoms with E-state index >= 15 is 0 Å². The van der Waals surface area contributed by atoms with Crippen LogP contribution in [-0.4, -0.2) is 31.6 Å². The minimum atomic E-state index is -0.0616. The molecule has 1 unspecified atom stereocenters. The number of aryl methyl sites for hydroxylation is 2. The lowest BCUT2D eigenvalue weighted by Gasteiger charge is -2.26. The van der Waals surface area contributed by atoms with Crippen molar-refractivity contribution in [2.75, 3.05) is 20.8 Å². The van der Waals surface area contributed by atoms with Gasteiger partial charge in [-0.25, -0.2) is 0 Å². The number of benzene rings is 2. The predicted molar refractivity (Wildman–Crippen MR) is 108 cm³/mol. The second-order valence-corrected chi connectivity index (χ2v) is 7.27. The lowest BCUT2D eigenvalue weighted by atomic mass is 10.0. The highest BCUT2D eigenvalue weighted by atomic mass is 16.5. The summed E-state index contributed by atoms with van der Waals surface area (Å²) in [5.41, 5.74) is 3.73. The van der Waals surface area contributed by atoms with E-state index in [9.17, 15) is 4.79 Å². The van der Waals surface area contributed by atoms with Crippen molar-refractivity contribution in [3.63, 3.8) is 0 Å². The zero-order chi connectivity index (χ0) is 19.8. The van der Waals surface area contributed by atoms with Gasteiger partial charge in [0.05, 0.1) is 20.3 Å². The highest BCUT2D eigenvalue weighted by Crippen LogP contribution is 2.40. The fourth-order valence-electron chi connectivity index (χ4n) is 4.15. The number of hydrogen-bond donors (Lipinski definition) is 0. The van der Waals surface area contributed by atoms with Crippen molar-refractivity contribution in [3.8, 4) is 11.5 Å². The molecule has 1 aliphatic rings. The quantitative estimate of drug-likeness (QED) is 0.637. The fraction of sp³-hybridized carbons (Fsp3) is 0.348. The summed E-state index contributed by atoms with van der Waals surface area (Å²) in [6.07, 6.45) is 1.84. The summed E-state index contributed by atoms with van der Waals surface area (Å²) in [6.45, 7) is 4.66. The molecule has 0 spiro atoms. The summed E-state index contributed by atoms with van der Waals surface area (Å²) in [6, 6.07) is 11.7. The van der Waals surface area contributed by atoms with E-state index < -0.39 is 0 Å². The maximum Gasteiger partial charge on any atom is 0.290 e. The lowest BCUT2D eigenvalue weighted by molar-refractivity contribution is 0.0703. The summed E-state index contributed by atoms with van der Waals surface area (Å²) in [7, 11) is 3.28. The van der Waals surface area contributed by atoms with Gasteiger partial charge in [0.2, 0.25) is 0 Å². The molecule has 1 atom stereocenters. The number of amides is 1. The van der Waals surface area contributed by atoms with Crippen molar-refractivity contribution in [2.24, 2.45) is 0 Å². The summed E-state index contributed by atoms with van der Waals surface area (Å²) in [5, 5.41) is 1.00. The summed E-state index contributed by atoms with van der Waals surface area (Å²) >= 11 is 0. The first-order valence-corrected chi connectivity index (χ1v) is 9.56. The maximum atomic E-state index is 13.4. The van der Waals surface area contributed by atoms with Gasteiger partial charge in [-0.1, -0.05) is 18.2 Å². The first kappa shape index (κ1) is 18.4. The molecule has 1 aliphatic heterocycles. The van der Waals surface area contributed by atoms with Gasteiger partial charge in [-0.3, -0.25) is 4.79 Å². The third-order valence-corrected chi connectivity index (χ3v) is 5.67. The summed E-state index contributed by atoms with van der Waals surface area (Å²) in [5.74, 6) is 1.85. The topological polar surface area (TPSA) is 51.9 Å². The van der Waals surface area contributed by atoms with Crippen LogP contribution in [0.15, 0.2) is 40.8 Å². The van der Waals surface area contributed by atoms with Crippen LogP contribution in [0.25, 0.3) is 11.0 Å². The van der Waals surface area contributed by atoms with Gasteiger partial charge in [-0.05, 0) is 44.4 Å². The molecule has 2 heterocycles. The van der Waals surface area contributed by atoms with Gasteiger partial charge in [-0.15, -0.1) is 0 Å². The smallest absolute Gasteiger partial charge is 0.290 e. The Balaban J connectivity index is 1.72. The van der Waals surface area contributed by atoms with Crippen LogP contribution in [0.3, 0.4) is 0 Å². The van der Waals surface area contributed by atoms with Crippen molar-refractivity contribution >= 4 is 16.9 Å². The molecule has 146 valence electrons. The van der Waals surface area contributed by atoms with Gasteiger partial charge < -0.3 is 18.8 Å². The number of carbonyl (C=O) groups excluding carboxylic acids is 1. The van der Waals surface area contributed by atoms with Gasteiger partial charge in [0, 0.05) is 29.1 Å². The van der Waals surface area contributed by atoms with Gasteiger partial charge >= 0.3 is 0 Å². The molecule has 3 aromatic rings. The number of rotatable bonds is 4. The Bertz CT molecular complexity index is 1040. The number of hydrogen-bond acceptors (Lipinski definition) is 4. The van der Waals surface area contributed by atoms with Crippen molar-refractivity contribution in [1.29, 1.82) is 0 Å². The molecular formula is C23H25NO4. The molecule has 0 aliphatic carbocycles. The molecule has 5 heteroatoms. The standard InChI is InChI=1S/C23H25NO4/c1-14-7-5-8-17-15(2)22(28-21(14)17)23(25)24-12-6-9-19(24)18-11-10-16(26-3)13-20(18)27-4/h5,7-8,10-11,13,19H,6,9,12H2,1-4H3. The Labute approximate surface area is 164 Å². The second kappa shape index (κ2) is 7.23. The number of ether oxygens (including phenoxy) is 2. The molecule has 1 saturated heterocycles. The van der Waals surface area contributed by atoms with E-state index in [0.717, 1.165) is 52.0 Å². The van der Waals surface area contributed by atoms with Crippen LogP contribution in [0.1, 0.15) is 46.1 Å². The highest BCUT2D eigenvalue weighted by Gasteiger charge is 2.35. The molecule has 0 bridgehead atoms. The Morgan fingerprint density at radius 1 is 1.14 bits per heavy atom. The Hall–Kier alpha value is -2.95. The molecule has 0 N–H and O–H groups in total. The SMILES string of the molecule is COc1ccc(C2CCCN2C(=O)c2oc3c(C)cccc3c2C)c(OC)c1. The fourth-order valence-corrected chi connectivity index (χ4v) is 4.15. The predicted octanol–water partition coefficient (Wildman–Crippen LogP) is 5.04. The number of likely N-dealkylation sites (tertiary alicyclic amines) is 1. The Morgan fingerprint density at radius 2 is 1.96 bits per heavy atom. The molecule has 1 aromatic heterocycles. The van der Waals surface area contributed by atoms with E-state index in [0.29, 0.717) is 12.3 Å². The largest absolute Gasteiger partial charge is 0.497 e. The van der Waals surface area contributed by atoms with E-state index in [4.69, 9.17) is 13.9 Å². The van der Waals surface area contributed by atoms with Gasteiger partial charge in [0.25, 0.3) is 5.91 Å². The van der Waals surface area contributed by atoms with Crippen molar-refractivity contribution in [1.82, 2.24) is 4.90 Å². The van der Waals surface area contributed by atoms with Crippen LogP contribution < -0.4 is 9.47 Å². The Morgan fingerprint density at radius 3 is 2.68 bits per heavy atom. The first-order chi connectivity index (χ1) is 13.5. The number of methoxy groups -OCH3 is 2. The monoisotopic (exact) mass is 379 g/mol. The van der Waals surface area contributed by atoms with E-state index in [1.165, 1.54) is 0 Å². The van der Waals surface area contributed by atoms with Crippen molar-refractivity contribution in [3.05, 3.63) is 58.8 Å². The molecule has 1 amide bonds. The molecule has 5 nitrogen and oxygen atoms in total. The molecular weight excluding hydrogens is 354 g/mol. The van der Waals surface area contributed by atoms with Crippen LogP contribution >= 0.6 is 0 Å². The van der Waals surface area contributed by atoms with Crippen LogP contribution in [-0.2, 0) is 0 Å². The van der Waals surface area contributed by atoms with Crippen LogP contribution in [0.5, 0.6) is 11.5 Å². The number of nitrogens with zero attached hydrogens (tertiary/aromatic N) is 1. The molecule has 0 saturated carbocycles. The van der Waals surface area contributed by atoms with Crippen LogP contribution in [0.4, 0.5) is 0 Å². The number of para-hydroxylation sites is 1. The van der Waals surface area contributed by atoms with E-state index in [1.54, 1.807) is 14.2 Å². The van der Waals surface area contributed by atoms with E-state index in [1.807, 2.05) is 55.1 Å². The molecule has 0 radical (unpaired) electrons. The van der Waals surface area contributed by atoms with Gasteiger partial charge in [-0.2, -0.15) is 0 Å². The molecule has 28 heavy (non-hydrogen) atoms.